The van der Waals surface area contributed by atoms with E-state index in [9.17, 15) is 19.5 Å². The quantitative estimate of drug-likeness (QED) is 0.551. The molecular formula is C19H21N3O5. The summed E-state index contributed by atoms with van der Waals surface area (Å²) in [5.41, 5.74) is 6.89. The van der Waals surface area contributed by atoms with E-state index in [0.717, 1.165) is 5.56 Å². The van der Waals surface area contributed by atoms with Crippen molar-refractivity contribution in [2.24, 2.45) is 5.73 Å². The van der Waals surface area contributed by atoms with Crippen molar-refractivity contribution in [1.82, 2.24) is 5.32 Å². The van der Waals surface area contributed by atoms with Crippen LogP contribution in [0.5, 0.6) is 5.75 Å². The number of ether oxygens (including phenoxy) is 1. The normalized spacial score (nSPS) is 11.3. The van der Waals surface area contributed by atoms with Crippen LogP contribution in [0.1, 0.15) is 22.8 Å². The van der Waals surface area contributed by atoms with E-state index in [-0.39, 0.29) is 18.8 Å². The Kier molecular flexibility index (Phi) is 6.76. The van der Waals surface area contributed by atoms with Crippen LogP contribution in [-0.4, -0.2) is 35.7 Å². The fraction of sp³-hybridized carbons (Fsp3) is 0.211. The maximum atomic E-state index is 12.1. The summed E-state index contributed by atoms with van der Waals surface area (Å²) in [4.78, 5) is 35.4. The van der Waals surface area contributed by atoms with Crippen molar-refractivity contribution in [3.8, 4) is 5.75 Å². The summed E-state index contributed by atoms with van der Waals surface area (Å²) in [7, 11) is 0. The van der Waals surface area contributed by atoms with Gasteiger partial charge in [0.15, 0.2) is 0 Å². The van der Waals surface area contributed by atoms with E-state index in [1.165, 1.54) is 24.3 Å². The Balaban J connectivity index is 1.96. The SMILES string of the molecule is CCOC(=O)c1ccc(NC(=O)NC(Cc2ccc(O)cc2)C(N)=O)cc1. The van der Waals surface area contributed by atoms with Gasteiger partial charge >= 0.3 is 12.0 Å². The molecule has 142 valence electrons. The lowest BCUT2D eigenvalue weighted by Gasteiger charge is -2.16. The number of hydrogen-bond donors (Lipinski definition) is 4. The highest BCUT2D eigenvalue weighted by Crippen LogP contribution is 2.13. The number of primary amides is 1. The van der Waals surface area contributed by atoms with Crippen LogP contribution in [0.25, 0.3) is 0 Å². The Morgan fingerprint density at radius 2 is 1.70 bits per heavy atom. The second kappa shape index (κ2) is 9.23. The molecular weight excluding hydrogens is 350 g/mol. The van der Waals surface area contributed by atoms with Crippen molar-refractivity contribution in [3.05, 3.63) is 59.7 Å². The van der Waals surface area contributed by atoms with Crippen LogP contribution < -0.4 is 16.4 Å². The number of nitrogens with two attached hydrogens (primary N) is 1. The van der Waals surface area contributed by atoms with E-state index >= 15 is 0 Å². The minimum atomic E-state index is -0.923. The number of phenols is 1. The van der Waals surface area contributed by atoms with E-state index in [1.807, 2.05) is 0 Å². The molecule has 0 bridgehead atoms. The van der Waals surface area contributed by atoms with Crippen LogP contribution >= 0.6 is 0 Å². The number of carbonyl (C=O) groups excluding carboxylic acids is 3. The lowest BCUT2D eigenvalue weighted by Crippen LogP contribution is -2.47. The van der Waals surface area contributed by atoms with Crippen molar-refractivity contribution in [2.45, 2.75) is 19.4 Å². The molecule has 0 spiro atoms. The fourth-order valence-electron chi connectivity index (χ4n) is 2.32. The smallest absolute Gasteiger partial charge is 0.338 e. The van der Waals surface area contributed by atoms with Gasteiger partial charge in [0.1, 0.15) is 11.8 Å². The summed E-state index contributed by atoms with van der Waals surface area (Å²) in [5.74, 6) is -1.03. The van der Waals surface area contributed by atoms with Crippen molar-refractivity contribution in [2.75, 3.05) is 11.9 Å². The van der Waals surface area contributed by atoms with Gasteiger partial charge in [0, 0.05) is 12.1 Å². The molecule has 0 saturated heterocycles. The molecule has 0 heterocycles. The third-order valence-corrected chi connectivity index (χ3v) is 3.68. The van der Waals surface area contributed by atoms with E-state index < -0.39 is 23.9 Å². The lowest BCUT2D eigenvalue weighted by atomic mass is 10.1. The van der Waals surface area contributed by atoms with Crippen molar-refractivity contribution in [1.29, 1.82) is 0 Å². The van der Waals surface area contributed by atoms with Crippen LogP contribution in [0.2, 0.25) is 0 Å². The molecule has 0 fully saturated rings. The molecule has 0 aliphatic rings. The number of aromatic hydroxyl groups is 1. The number of nitrogens with one attached hydrogen (secondary N) is 2. The highest BCUT2D eigenvalue weighted by molar-refractivity contribution is 5.94. The molecule has 8 heteroatoms. The average molecular weight is 371 g/mol. The molecule has 2 aromatic rings. The molecule has 27 heavy (non-hydrogen) atoms. The van der Waals surface area contributed by atoms with E-state index in [2.05, 4.69) is 10.6 Å². The first-order chi connectivity index (χ1) is 12.9. The van der Waals surface area contributed by atoms with Gasteiger partial charge in [0.05, 0.1) is 12.2 Å². The second-order valence-corrected chi connectivity index (χ2v) is 5.72. The van der Waals surface area contributed by atoms with Gasteiger partial charge < -0.3 is 26.2 Å². The first kappa shape index (κ1) is 19.8. The van der Waals surface area contributed by atoms with Crippen LogP contribution in [0.4, 0.5) is 10.5 Å². The zero-order valence-electron chi connectivity index (χ0n) is 14.8. The van der Waals surface area contributed by atoms with Gasteiger partial charge in [-0.1, -0.05) is 12.1 Å². The van der Waals surface area contributed by atoms with Gasteiger partial charge in [0.25, 0.3) is 0 Å². The highest BCUT2D eigenvalue weighted by Gasteiger charge is 2.19. The number of rotatable bonds is 7. The molecule has 8 nitrogen and oxygen atoms in total. The lowest BCUT2D eigenvalue weighted by molar-refractivity contribution is -0.119. The van der Waals surface area contributed by atoms with Crippen molar-refractivity contribution < 1.29 is 24.2 Å². The molecule has 1 unspecified atom stereocenters. The molecule has 0 saturated carbocycles. The zero-order valence-corrected chi connectivity index (χ0v) is 14.8. The summed E-state index contributed by atoms with van der Waals surface area (Å²) in [6.45, 7) is 1.99. The van der Waals surface area contributed by atoms with Crippen molar-refractivity contribution >= 4 is 23.6 Å². The number of esters is 1. The molecule has 0 aromatic heterocycles. The number of hydrogen-bond acceptors (Lipinski definition) is 5. The first-order valence-electron chi connectivity index (χ1n) is 8.31. The summed E-state index contributed by atoms with van der Waals surface area (Å²) >= 11 is 0. The maximum absolute atomic E-state index is 12.1. The largest absolute Gasteiger partial charge is 0.508 e. The minimum Gasteiger partial charge on any atom is -0.508 e. The standard InChI is InChI=1S/C19H21N3O5/c1-2-27-18(25)13-5-7-14(8-6-13)21-19(26)22-16(17(20)24)11-12-3-9-15(23)10-4-12/h3-10,16,23H,2,11H2,1H3,(H2,20,24)(H2,21,22,26). The number of phenolic OH excluding ortho intramolecular Hbond substituents is 1. The predicted molar refractivity (Wildman–Crippen MR) is 99.3 cm³/mol. The monoisotopic (exact) mass is 371 g/mol. The molecule has 5 N–H and O–H groups in total. The topological polar surface area (TPSA) is 131 Å². The summed E-state index contributed by atoms with van der Waals surface area (Å²) in [5, 5.41) is 14.4. The van der Waals surface area contributed by atoms with Gasteiger partial charge in [-0.25, -0.2) is 9.59 Å². The summed E-state index contributed by atoms with van der Waals surface area (Å²) < 4.78 is 4.89. The number of benzene rings is 2. The van der Waals surface area contributed by atoms with Crippen LogP contribution in [0.15, 0.2) is 48.5 Å². The van der Waals surface area contributed by atoms with Crippen LogP contribution in [-0.2, 0) is 16.0 Å². The van der Waals surface area contributed by atoms with Gasteiger partial charge in [0.2, 0.25) is 5.91 Å². The van der Waals surface area contributed by atoms with E-state index in [1.54, 1.807) is 31.2 Å². The Labute approximate surface area is 156 Å². The van der Waals surface area contributed by atoms with Crippen molar-refractivity contribution in [3.63, 3.8) is 0 Å². The second-order valence-electron chi connectivity index (χ2n) is 5.72. The van der Waals surface area contributed by atoms with Gasteiger partial charge in [-0.05, 0) is 48.9 Å². The number of amides is 3. The Morgan fingerprint density at radius 1 is 1.07 bits per heavy atom. The molecule has 0 radical (unpaired) electrons. The number of carbonyl (C=O) groups is 3. The Bertz CT molecular complexity index is 803. The van der Waals surface area contributed by atoms with Gasteiger partial charge in [-0.15, -0.1) is 0 Å². The molecule has 1 atom stereocenters. The molecule has 0 aliphatic carbocycles. The van der Waals surface area contributed by atoms with E-state index in [4.69, 9.17) is 10.5 Å². The Morgan fingerprint density at radius 3 is 2.26 bits per heavy atom. The maximum Gasteiger partial charge on any atom is 0.338 e. The third-order valence-electron chi connectivity index (χ3n) is 3.68. The third kappa shape index (κ3) is 6.03. The minimum absolute atomic E-state index is 0.103. The first-order valence-corrected chi connectivity index (χ1v) is 8.31. The Hall–Kier alpha value is -3.55. The van der Waals surface area contributed by atoms with E-state index in [0.29, 0.717) is 11.3 Å². The predicted octanol–water partition coefficient (Wildman–Crippen LogP) is 1.79. The molecule has 2 aromatic carbocycles. The molecule has 2 rings (SSSR count). The van der Waals surface area contributed by atoms with Crippen LogP contribution in [0, 0.1) is 0 Å². The zero-order chi connectivity index (χ0) is 19.8. The summed E-state index contributed by atoms with van der Waals surface area (Å²) in [6.07, 6.45) is 0.185. The number of urea groups is 1. The molecule has 3 amide bonds. The average Bonchev–Trinajstić information content (AvgIpc) is 2.63. The summed E-state index contributed by atoms with van der Waals surface area (Å²) in [6, 6.07) is 10.9. The fourth-order valence-corrected chi connectivity index (χ4v) is 2.32. The number of anilines is 1. The van der Waals surface area contributed by atoms with Gasteiger partial charge in [-0.3, -0.25) is 4.79 Å². The molecule has 0 aliphatic heterocycles. The highest BCUT2D eigenvalue weighted by atomic mass is 16.5. The van der Waals surface area contributed by atoms with Gasteiger partial charge in [-0.2, -0.15) is 0 Å². The van der Waals surface area contributed by atoms with Crippen LogP contribution in [0.3, 0.4) is 0 Å².